The number of nitriles is 4. The van der Waals surface area contributed by atoms with E-state index >= 15 is 0 Å². The number of nitrogens with zero attached hydrogens (tertiary/aromatic N) is 7. The van der Waals surface area contributed by atoms with Crippen LogP contribution in [0.3, 0.4) is 0 Å². The average molecular weight is 498 g/mol. The largest absolute Gasteiger partial charge is 0.308 e. The number of aromatic nitrogens is 3. The molecule has 0 amide bonds. The van der Waals surface area contributed by atoms with Gasteiger partial charge in [-0.1, -0.05) is 36.4 Å². The Morgan fingerprint density at radius 3 is 2.05 bits per heavy atom. The number of para-hydroxylation sites is 1. The molecule has 0 N–H and O–H groups in total. The molecular weight excluding hydrogens is 482 g/mol. The van der Waals surface area contributed by atoms with Gasteiger partial charge in [0.25, 0.3) is 0 Å². The van der Waals surface area contributed by atoms with Crippen molar-refractivity contribution in [1.82, 2.24) is 14.5 Å². The maximum Gasteiger partial charge on any atom is 0.232 e. The molecule has 6 aromatic rings. The second-order valence-corrected chi connectivity index (χ2v) is 8.82. The van der Waals surface area contributed by atoms with Crippen LogP contribution < -0.4 is 0 Å². The molecule has 0 atom stereocenters. The minimum Gasteiger partial charge on any atom is -0.308 e. The highest BCUT2D eigenvalue weighted by Gasteiger charge is 2.17. The third kappa shape index (κ3) is 3.81. The van der Waals surface area contributed by atoms with Crippen molar-refractivity contribution in [3.8, 4) is 52.2 Å². The molecule has 7 nitrogen and oxygen atoms in total. The van der Waals surface area contributed by atoms with Gasteiger partial charge in [0.15, 0.2) is 0 Å². The quantitative estimate of drug-likeness (QED) is 0.279. The predicted molar refractivity (Wildman–Crippen MR) is 146 cm³/mol. The van der Waals surface area contributed by atoms with Gasteiger partial charge in [-0.2, -0.15) is 21.0 Å². The summed E-state index contributed by atoms with van der Waals surface area (Å²) < 4.78 is 2.07. The zero-order valence-corrected chi connectivity index (χ0v) is 20.3. The van der Waals surface area contributed by atoms with Crippen LogP contribution in [0.15, 0.2) is 91.3 Å². The van der Waals surface area contributed by atoms with Crippen molar-refractivity contribution in [3.63, 3.8) is 0 Å². The Morgan fingerprint density at radius 2 is 1.31 bits per heavy atom. The molecule has 0 spiro atoms. The standard InChI is InChI=1S/C32H15N7/c33-14-20-5-8-26(23(11-20)15-34)22-7-10-31-28(13-22)27-3-1-2-4-30(27)39(31)29-9-6-21(12-24(29)16-35)25-18-37-32(17-36)38-19-25/h1-13,18-19H. The number of hydrogen-bond acceptors (Lipinski definition) is 6. The Hall–Kier alpha value is -6.28. The lowest BCUT2D eigenvalue weighted by atomic mass is 9.97. The molecule has 0 aliphatic rings. The number of rotatable bonds is 3. The van der Waals surface area contributed by atoms with Gasteiger partial charge >= 0.3 is 0 Å². The first-order valence-corrected chi connectivity index (χ1v) is 11.9. The Balaban J connectivity index is 1.55. The Morgan fingerprint density at radius 1 is 0.564 bits per heavy atom. The van der Waals surface area contributed by atoms with Gasteiger partial charge in [-0.3, -0.25) is 0 Å². The molecule has 7 heteroatoms. The Labute approximate surface area is 223 Å². The first kappa shape index (κ1) is 23.1. The van der Waals surface area contributed by atoms with Gasteiger partial charge in [0, 0.05) is 28.7 Å². The normalized spacial score (nSPS) is 10.5. The maximum atomic E-state index is 10.1. The molecule has 2 heterocycles. The van der Waals surface area contributed by atoms with Crippen LogP contribution in [0.2, 0.25) is 0 Å². The molecule has 0 unspecified atom stereocenters. The summed E-state index contributed by atoms with van der Waals surface area (Å²) in [7, 11) is 0. The molecule has 6 rings (SSSR count). The second-order valence-electron chi connectivity index (χ2n) is 8.82. The van der Waals surface area contributed by atoms with E-state index in [-0.39, 0.29) is 5.82 Å². The van der Waals surface area contributed by atoms with E-state index in [0.717, 1.165) is 44.2 Å². The molecule has 0 saturated heterocycles. The van der Waals surface area contributed by atoms with Crippen molar-refractivity contribution in [2.75, 3.05) is 0 Å². The first-order chi connectivity index (χ1) is 19.1. The van der Waals surface area contributed by atoms with E-state index in [0.29, 0.717) is 22.3 Å². The summed E-state index contributed by atoms with van der Waals surface area (Å²) in [5.41, 5.74) is 7.03. The summed E-state index contributed by atoms with van der Waals surface area (Å²) >= 11 is 0. The zero-order chi connectivity index (χ0) is 26.9. The fraction of sp³-hybridized carbons (Fsp3) is 0. The average Bonchev–Trinajstić information content (AvgIpc) is 3.33. The van der Waals surface area contributed by atoms with E-state index in [2.05, 4.69) is 32.7 Å². The van der Waals surface area contributed by atoms with E-state index in [1.807, 2.05) is 60.7 Å². The summed E-state index contributed by atoms with van der Waals surface area (Å²) in [6.07, 6.45) is 3.14. The molecule has 2 aromatic heterocycles. The van der Waals surface area contributed by atoms with Crippen LogP contribution in [0, 0.1) is 45.3 Å². The van der Waals surface area contributed by atoms with Gasteiger partial charge in [-0.15, -0.1) is 0 Å². The SMILES string of the molecule is N#Cc1ccc(-c2ccc3c(c2)c2ccccc2n3-c2ccc(-c3cnc(C#N)nc3)cc2C#N)c(C#N)c1. The molecule has 0 radical (unpaired) electrons. The molecule has 0 fully saturated rings. The van der Waals surface area contributed by atoms with Crippen molar-refractivity contribution in [2.24, 2.45) is 0 Å². The highest BCUT2D eigenvalue weighted by Crippen LogP contribution is 2.37. The molecule has 4 aromatic carbocycles. The highest BCUT2D eigenvalue weighted by atomic mass is 15.0. The topological polar surface area (TPSA) is 126 Å². The van der Waals surface area contributed by atoms with Crippen LogP contribution in [0.5, 0.6) is 0 Å². The van der Waals surface area contributed by atoms with Gasteiger partial charge in [-0.25, -0.2) is 9.97 Å². The summed E-state index contributed by atoms with van der Waals surface area (Å²) in [5.74, 6) is 0.0865. The molecule has 0 bridgehead atoms. The van der Waals surface area contributed by atoms with Crippen molar-refractivity contribution in [3.05, 3.63) is 114 Å². The summed E-state index contributed by atoms with van der Waals surface area (Å²) in [5, 5.41) is 40.0. The van der Waals surface area contributed by atoms with Gasteiger partial charge in [-0.05, 0) is 59.2 Å². The summed E-state index contributed by atoms with van der Waals surface area (Å²) in [6.45, 7) is 0. The van der Waals surface area contributed by atoms with Crippen LogP contribution in [0.4, 0.5) is 0 Å². The molecule has 39 heavy (non-hydrogen) atoms. The van der Waals surface area contributed by atoms with E-state index in [1.54, 1.807) is 36.7 Å². The summed E-state index contributed by atoms with van der Waals surface area (Å²) in [6, 6.07) is 33.2. The fourth-order valence-corrected chi connectivity index (χ4v) is 4.89. The van der Waals surface area contributed by atoms with Crippen molar-refractivity contribution in [2.45, 2.75) is 0 Å². The number of hydrogen-bond donors (Lipinski definition) is 0. The Kier molecular flexibility index (Phi) is 5.52. The lowest BCUT2D eigenvalue weighted by Gasteiger charge is -2.12. The van der Waals surface area contributed by atoms with Gasteiger partial charge in [0.2, 0.25) is 5.82 Å². The van der Waals surface area contributed by atoms with Crippen LogP contribution in [0.25, 0.3) is 49.7 Å². The number of benzene rings is 4. The van der Waals surface area contributed by atoms with E-state index in [1.165, 1.54) is 0 Å². The maximum absolute atomic E-state index is 10.1. The van der Waals surface area contributed by atoms with E-state index < -0.39 is 0 Å². The summed E-state index contributed by atoms with van der Waals surface area (Å²) in [4.78, 5) is 8.08. The predicted octanol–water partition coefficient (Wildman–Crippen LogP) is 6.39. The van der Waals surface area contributed by atoms with Crippen LogP contribution in [-0.2, 0) is 0 Å². The smallest absolute Gasteiger partial charge is 0.232 e. The van der Waals surface area contributed by atoms with Crippen molar-refractivity contribution >= 4 is 21.8 Å². The monoisotopic (exact) mass is 497 g/mol. The van der Waals surface area contributed by atoms with Crippen molar-refractivity contribution < 1.29 is 0 Å². The van der Waals surface area contributed by atoms with Crippen LogP contribution >= 0.6 is 0 Å². The molecule has 178 valence electrons. The van der Waals surface area contributed by atoms with Crippen LogP contribution in [0.1, 0.15) is 22.5 Å². The van der Waals surface area contributed by atoms with Crippen molar-refractivity contribution in [1.29, 1.82) is 21.0 Å². The molecule has 0 aliphatic carbocycles. The fourth-order valence-electron chi connectivity index (χ4n) is 4.89. The lowest BCUT2D eigenvalue weighted by Crippen LogP contribution is -1.98. The third-order valence-corrected chi connectivity index (χ3v) is 6.70. The molecule has 0 saturated carbocycles. The lowest BCUT2D eigenvalue weighted by molar-refractivity contribution is 1.11. The Bertz CT molecular complexity index is 2110. The van der Waals surface area contributed by atoms with E-state index in [4.69, 9.17) is 5.26 Å². The second kappa shape index (κ2) is 9.30. The van der Waals surface area contributed by atoms with E-state index in [9.17, 15) is 15.8 Å². The minimum absolute atomic E-state index is 0.0865. The highest BCUT2D eigenvalue weighted by molar-refractivity contribution is 6.10. The van der Waals surface area contributed by atoms with Crippen LogP contribution in [-0.4, -0.2) is 14.5 Å². The van der Waals surface area contributed by atoms with Gasteiger partial charge < -0.3 is 4.57 Å². The third-order valence-electron chi connectivity index (χ3n) is 6.70. The number of fused-ring (bicyclic) bond motifs is 3. The van der Waals surface area contributed by atoms with Gasteiger partial charge in [0.1, 0.15) is 12.1 Å². The van der Waals surface area contributed by atoms with Gasteiger partial charge in [0.05, 0.1) is 45.5 Å². The minimum atomic E-state index is 0.0865. The first-order valence-electron chi connectivity index (χ1n) is 11.9. The molecular formula is C32H15N7. The molecule has 0 aliphatic heterocycles. The zero-order valence-electron chi connectivity index (χ0n) is 20.3.